The number of amides is 2. The molecular formula is C18H25N5O4S. The number of nitrogens with zero attached hydrogens (tertiary/aromatic N) is 2. The Hall–Kier alpha value is -2.88. The highest BCUT2D eigenvalue weighted by molar-refractivity contribution is 7.08. The second kappa shape index (κ2) is 9.88. The molecule has 0 saturated carbocycles. The fourth-order valence-electron chi connectivity index (χ4n) is 2.67. The van der Waals surface area contributed by atoms with E-state index in [4.69, 9.17) is 5.73 Å². The van der Waals surface area contributed by atoms with Gasteiger partial charge in [-0.1, -0.05) is 13.3 Å². The van der Waals surface area contributed by atoms with Crippen molar-refractivity contribution in [2.45, 2.75) is 39.2 Å². The number of rotatable bonds is 9. The Bertz CT molecular complexity index is 932. The van der Waals surface area contributed by atoms with E-state index in [1.807, 2.05) is 12.3 Å². The van der Waals surface area contributed by atoms with Gasteiger partial charge in [0.05, 0.1) is 0 Å². The van der Waals surface area contributed by atoms with Crippen molar-refractivity contribution in [1.82, 2.24) is 14.9 Å². The fourth-order valence-corrected chi connectivity index (χ4v) is 3.31. The number of carbonyl (C=O) groups excluding carboxylic acids is 2. The van der Waals surface area contributed by atoms with Crippen LogP contribution in [0.5, 0.6) is 0 Å². The average molecular weight is 407 g/mol. The van der Waals surface area contributed by atoms with E-state index in [0.29, 0.717) is 25.1 Å². The lowest BCUT2D eigenvalue weighted by Gasteiger charge is -2.20. The van der Waals surface area contributed by atoms with E-state index in [1.165, 1.54) is 23.0 Å². The normalized spacial score (nSPS) is 10.6. The third-order valence-electron chi connectivity index (χ3n) is 4.30. The van der Waals surface area contributed by atoms with Crippen LogP contribution in [0.3, 0.4) is 0 Å². The molecule has 0 aliphatic carbocycles. The number of nitrogens with one attached hydrogen (secondary N) is 2. The molecule has 0 unspecified atom stereocenters. The number of unbranched alkanes of at least 4 members (excludes halogenated alkanes) is 1. The molecular weight excluding hydrogens is 382 g/mol. The van der Waals surface area contributed by atoms with Gasteiger partial charge in [-0.25, -0.2) is 4.79 Å². The summed E-state index contributed by atoms with van der Waals surface area (Å²) in [6.45, 7) is 2.66. The smallest absolute Gasteiger partial charge is 0.330 e. The monoisotopic (exact) mass is 407 g/mol. The molecule has 0 aromatic carbocycles. The van der Waals surface area contributed by atoms with E-state index < -0.39 is 11.2 Å². The van der Waals surface area contributed by atoms with Crippen LogP contribution in [0.1, 0.15) is 43.0 Å². The molecule has 0 radical (unpaired) electrons. The number of hydrogen-bond acceptors (Lipinski definition) is 6. The highest BCUT2D eigenvalue weighted by Crippen LogP contribution is 2.16. The summed E-state index contributed by atoms with van der Waals surface area (Å²) >= 11 is 1.43. The summed E-state index contributed by atoms with van der Waals surface area (Å²) in [4.78, 5) is 51.8. The molecule has 2 aromatic rings. The summed E-state index contributed by atoms with van der Waals surface area (Å²) in [6, 6.07) is 1.72. The molecule has 0 atom stereocenters. The summed E-state index contributed by atoms with van der Waals surface area (Å²) in [5.41, 5.74) is 5.27. The van der Waals surface area contributed by atoms with Gasteiger partial charge >= 0.3 is 5.69 Å². The largest absolute Gasteiger partial charge is 0.383 e. The second-order valence-corrected chi connectivity index (χ2v) is 7.10. The van der Waals surface area contributed by atoms with Gasteiger partial charge in [0.1, 0.15) is 5.82 Å². The number of anilines is 2. The van der Waals surface area contributed by atoms with Crippen LogP contribution >= 0.6 is 11.3 Å². The molecule has 2 aromatic heterocycles. The summed E-state index contributed by atoms with van der Waals surface area (Å²) in [5, 5.41) is 6.30. The number of nitrogen functional groups attached to an aromatic ring is 1. The predicted molar refractivity (Wildman–Crippen MR) is 110 cm³/mol. The lowest BCUT2D eigenvalue weighted by atomic mass is 10.2. The maximum atomic E-state index is 12.5. The van der Waals surface area contributed by atoms with Crippen molar-refractivity contribution in [2.24, 2.45) is 0 Å². The maximum Gasteiger partial charge on any atom is 0.330 e. The first-order valence-corrected chi connectivity index (χ1v) is 10.0. The molecule has 0 aliphatic heterocycles. The van der Waals surface area contributed by atoms with Crippen molar-refractivity contribution >= 4 is 34.7 Å². The molecule has 0 bridgehead atoms. The number of aromatic amines is 1. The molecule has 2 amide bonds. The second-order valence-electron chi connectivity index (χ2n) is 6.32. The van der Waals surface area contributed by atoms with Gasteiger partial charge in [0.2, 0.25) is 5.91 Å². The van der Waals surface area contributed by atoms with E-state index in [1.54, 1.807) is 11.4 Å². The molecule has 152 valence electrons. The molecule has 9 nitrogen and oxygen atoms in total. The number of carbonyl (C=O) groups is 2. The van der Waals surface area contributed by atoms with Crippen LogP contribution in [0.25, 0.3) is 0 Å². The molecule has 0 aliphatic rings. The average Bonchev–Trinajstić information content (AvgIpc) is 3.19. The van der Waals surface area contributed by atoms with Crippen LogP contribution in [0.2, 0.25) is 0 Å². The molecule has 0 saturated heterocycles. The highest BCUT2D eigenvalue weighted by Gasteiger charge is 2.20. The van der Waals surface area contributed by atoms with Gasteiger partial charge in [-0.15, -0.1) is 0 Å². The zero-order chi connectivity index (χ0) is 20.7. The van der Waals surface area contributed by atoms with Crippen LogP contribution in [0, 0.1) is 0 Å². The minimum absolute atomic E-state index is 0.0242. The SMILES string of the molecule is CCCCn1c(N)c(N(C)C(=O)CCCNC(=O)c2ccsc2)c(=O)[nH]c1=O. The summed E-state index contributed by atoms with van der Waals surface area (Å²) in [5.74, 6) is -0.544. The maximum absolute atomic E-state index is 12.5. The van der Waals surface area contributed by atoms with Crippen LogP contribution < -0.4 is 27.2 Å². The Morgan fingerprint density at radius 3 is 2.71 bits per heavy atom. The summed E-state index contributed by atoms with van der Waals surface area (Å²) in [7, 11) is 1.45. The van der Waals surface area contributed by atoms with Crippen LogP contribution in [-0.2, 0) is 11.3 Å². The first kappa shape index (κ1) is 21.4. The van der Waals surface area contributed by atoms with E-state index >= 15 is 0 Å². The van der Waals surface area contributed by atoms with Gasteiger partial charge in [-0.3, -0.25) is 23.9 Å². The summed E-state index contributed by atoms with van der Waals surface area (Å²) in [6.07, 6.45) is 2.10. The molecule has 0 fully saturated rings. The Morgan fingerprint density at radius 1 is 1.32 bits per heavy atom. The highest BCUT2D eigenvalue weighted by atomic mass is 32.1. The van der Waals surface area contributed by atoms with E-state index in [2.05, 4.69) is 10.3 Å². The number of nitrogens with two attached hydrogens (primary N) is 1. The number of hydrogen-bond donors (Lipinski definition) is 3. The number of thiophene rings is 1. The van der Waals surface area contributed by atoms with E-state index in [0.717, 1.165) is 17.7 Å². The fraction of sp³-hybridized carbons (Fsp3) is 0.444. The lowest BCUT2D eigenvalue weighted by molar-refractivity contribution is -0.118. The minimum atomic E-state index is -0.697. The topological polar surface area (TPSA) is 130 Å². The van der Waals surface area contributed by atoms with E-state index in [9.17, 15) is 19.2 Å². The third kappa shape index (κ3) is 5.10. The molecule has 2 heterocycles. The van der Waals surface area contributed by atoms with E-state index in [-0.39, 0.29) is 29.7 Å². The van der Waals surface area contributed by atoms with Gasteiger partial charge in [0.25, 0.3) is 11.5 Å². The Labute approximate surface area is 166 Å². The number of aromatic nitrogens is 2. The first-order chi connectivity index (χ1) is 13.4. The van der Waals surface area contributed by atoms with Crippen LogP contribution in [0.4, 0.5) is 11.5 Å². The predicted octanol–water partition coefficient (Wildman–Crippen LogP) is 1.15. The van der Waals surface area contributed by atoms with Crippen molar-refractivity contribution < 1.29 is 9.59 Å². The molecule has 10 heteroatoms. The van der Waals surface area contributed by atoms with Crippen molar-refractivity contribution in [3.05, 3.63) is 43.2 Å². The molecule has 4 N–H and O–H groups in total. The first-order valence-electron chi connectivity index (χ1n) is 9.06. The molecule has 2 rings (SSSR count). The molecule has 0 spiro atoms. The van der Waals surface area contributed by atoms with Gasteiger partial charge in [0.15, 0.2) is 5.69 Å². The Balaban J connectivity index is 1.99. The van der Waals surface area contributed by atoms with Crippen LogP contribution in [-0.4, -0.2) is 35.0 Å². The zero-order valence-corrected chi connectivity index (χ0v) is 16.8. The Kier molecular flexibility index (Phi) is 7.56. The third-order valence-corrected chi connectivity index (χ3v) is 4.98. The van der Waals surface area contributed by atoms with Gasteiger partial charge in [0, 0.05) is 37.5 Å². The standard InChI is InChI=1S/C18H25N5O4S/c1-3-4-9-23-15(19)14(17(26)21-18(23)27)22(2)13(24)6-5-8-20-16(25)12-7-10-28-11-12/h7,10-11H,3-6,8-9,19H2,1-2H3,(H,20,25)(H,21,26,27). The van der Waals surface area contributed by atoms with Crippen molar-refractivity contribution in [1.29, 1.82) is 0 Å². The lowest BCUT2D eigenvalue weighted by Crippen LogP contribution is -2.39. The Morgan fingerprint density at radius 2 is 2.07 bits per heavy atom. The number of H-pyrrole nitrogens is 1. The van der Waals surface area contributed by atoms with Crippen molar-refractivity contribution in [3.63, 3.8) is 0 Å². The minimum Gasteiger partial charge on any atom is -0.383 e. The van der Waals surface area contributed by atoms with Crippen LogP contribution in [0.15, 0.2) is 26.4 Å². The van der Waals surface area contributed by atoms with Gasteiger partial charge in [-0.05, 0) is 24.3 Å². The molecule has 28 heavy (non-hydrogen) atoms. The van der Waals surface area contributed by atoms with Gasteiger partial charge in [-0.2, -0.15) is 11.3 Å². The summed E-state index contributed by atoms with van der Waals surface area (Å²) < 4.78 is 1.27. The van der Waals surface area contributed by atoms with Crippen molar-refractivity contribution in [3.8, 4) is 0 Å². The quantitative estimate of drug-likeness (QED) is 0.537. The van der Waals surface area contributed by atoms with Crippen molar-refractivity contribution in [2.75, 3.05) is 24.2 Å². The zero-order valence-electron chi connectivity index (χ0n) is 16.0. The van der Waals surface area contributed by atoms with Gasteiger partial charge < -0.3 is 16.0 Å².